The Morgan fingerprint density at radius 1 is 1.55 bits per heavy atom. The van der Waals surface area contributed by atoms with Gasteiger partial charge in [0.1, 0.15) is 30.0 Å². The summed E-state index contributed by atoms with van der Waals surface area (Å²) in [6, 6.07) is 1.70. The van der Waals surface area contributed by atoms with Crippen LogP contribution in [0.4, 0.5) is 5.82 Å². The van der Waals surface area contributed by atoms with Crippen LogP contribution in [-0.4, -0.2) is 55.6 Å². The fourth-order valence-corrected chi connectivity index (χ4v) is 2.63. The summed E-state index contributed by atoms with van der Waals surface area (Å²) in [7, 11) is 0. The van der Waals surface area contributed by atoms with E-state index in [2.05, 4.69) is 9.97 Å². The standard InChI is InChI=1S/C13H16N4O5/c1-6(19)21-10-8(4-18)22-13(9(10)20)17-3-2-7-11(14)15-5-16-12(7)17/h2-3,5,8-10,13,18,20H,4H2,1H3,(H2,14,15,16)/t8-,9+,10-,13-/m0/s1. The lowest BCUT2D eigenvalue weighted by atomic mass is 10.1. The first-order chi connectivity index (χ1) is 10.5. The highest BCUT2D eigenvalue weighted by molar-refractivity contribution is 5.86. The van der Waals surface area contributed by atoms with Crippen molar-refractivity contribution >= 4 is 22.8 Å². The van der Waals surface area contributed by atoms with Crippen molar-refractivity contribution in [3.63, 3.8) is 0 Å². The molecule has 22 heavy (non-hydrogen) atoms. The number of anilines is 1. The number of nitrogens with two attached hydrogens (primary N) is 1. The number of nitrogens with zero attached hydrogens (tertiary/aromatic N) is 3. The van der Waals surface area contributed by atoms with Crippen molar-refractivity contribution in [1.29, 1.82) is 0 Å². The molecule has 1 saturated heterocycles. The van der Waals surface area contributed by atoms with Crippen LogP contribution in [0.2, 0.25) is 0 Å². The van der Waals surface area contributed by atoms with E-state index in [4.69, 9.17) is 15.2 Å². The number of aromatic nitrogens is 3. The van der Waals surface area contributed by atoms with Crippen LogP contribution < -0.4 is 5.73 Å². The molecular formula is C13H16N4O5. The summed E-state index contributed by atoms with van der Waals surface area (Å²) in [4.78, 5) is 19.2. The topological polar surface area (TPSA) is 133 Å². The molecule has 0 bridgehead atoms. The van der Waals surface area contributed by atoms with Crippen LogP contribution in [-0.2, 0) is 14.3 Å². The summed E-state index contributed by atoms with van der Waals surface area (Å²) < 4.78 is 12.2. The second-order valence-corrected chi connectivity index (χ2v) is 5.03. The lowest BCUT2D eigenvalue weighted by Crippen LogP contribution is -2.37. The van der Waals surface area contributed by atoms with Gasteiger partial charge in [0.2, 0.25) is 0 Å². The largest absolute Gasteiger partial charge is 0.457 e. The van der Waals surface area contributed by atoms with Crippen LogP contribution >= 0.6 is 0 Å². The maximum absolute atomic E-state index is 11.1. The van der Waals surface area contributed by atoms with Gasteiger partial charge in [0.05, 0.1) is 12.0 Å². The zero-order chi connectivity index (χ0) is 15.9. The van der Waals surface area contributed by atoms with Crippen LogP contribution in [0.25, 0.3) is 11.0 Å². The van der Waals surface area contributed by atoms with E-state index < -0.39 is 30.5 Å². The van der Waals surface area contributed by atoms with Crippen molar-refractivity contribution in [2.24, 2.45) is 0 Å². The van der Waals surface area contributed by atoms with Crippen LogP contribution in [0.15, 0.2) is 18.6 Å². The van der Waals surface area contributed by atoms with Gasteiger partial charge < -0.3 is 30.0 Å². The zero-order valence-electron chi connectivity index (χ0n) is 11.8. The first kappa shape index (κ1) is 14.7. The first-order valence-electron chi connectivity index (χ1n) is 6.71. The van der Waals surface area contributed by atoms with Crippen LogP contribution in [0.3, 0.4) is 0 Å². The number of rotatable bonds is 3. The summed E-state index contributed by atoms with van der Waals surface area (Å²) in [6.45, 7) is 0.843. The number of aliphatic hydroxyl groups is 2. The summed E-state index contributed by atoms with van der Waals surface area (Å²) in [5.41, 5.74) is 6.26. The smallest absolute Gasteiger partial charge is 0.303 e. The summed E-state index contributed by atoms with van der Waals surface area (Å²) in [5.74, 6) is -0.248. The number of nitrogen functional groups attached to an aromatic ring is 1. The third-order valence-corrected chi connectivity index (χ3v) is 3.61. The monoisotopic (exact) mass is 308 g/mol. The number of hydrogen-bond donors (Lipinski definition) is 3. The number of carbonyl (C=O) groups excluding carboxylic acids is 1. The van der Waals surface area contributed by atoms with E-state index in [1.165, 1.54) is 13.3 Å². The SMILES string of the molecule is CC(=O)O[C@@H]1[C@@H](O)[C@@H](n2ccc3c(N)ncnc32)O[C@H]1CO. The Labute approximate surface area is 125 Å². The van der Waals surface area contributed by atoms with Crippen LogP contribution in [0.5, 0.6) is 0 Å². The molecule has 3 rings (SSSR count). The molecule has 118 valence electrons. The Bertz CT molecular complexity index is 703. The average Bonchev–Trinajstić information content (AvgIpc) is 3.02. The molecule has 0 aromatic carbocycles. The van der Waals surface area contributed by atoms with E-state index in [0.29, 0.717) is 16.9 Å². The number of fused-ring (bicyclic) bond motifs is 1. The second kappa shape index (κ2) is 5.52. The number of aliphatic hydroxyl groups excluding tert-OH is 2. The number of carbonyl (C=O) groups is 1. The minimum atomic E-state index is -1.15. The first-order valence-corrected chi connectivity index (χ1v) is 6.71. The maximum Gasteiger partial charge on any atom is 0.303 e. The minimum absolute atomic E-state index is 0.312. The van der Waals surface area contributed by atoms with Crippen molar-refractivity contribution in [1.82, 2.24) is 14.5 Å². The lowest BCUT2D eigenvalue weighted by Gasteiger charge is -2.19. The summed E-state index contributed by atoms with van der Waals surface area (Å²) in [5, 5.41) is 20.4. The van der Waals surface area contributed by atoms with Crippen molar-refractivity contribution in [3.8, 4) is 0 Å². The molecule has 1 fully saturated rings. The van der Waals surface area contributed by atoms with Crippen molar-refractivity contribution in [2.45, 2.75) is 31.5 Å². The van der Waals surface area contributed by atoms with Crippen LogP contribution in [0, 0.1) is 0 Å². The van der Waals surface area contributed by atoms with Crippen molar-refractivity contribution in [2.75, 3.05) is 12.3 Å². The molecule has 9 heteroatoms. The molecule has 0 saturated carbocycles. The highest BCUT2D eigenvalue weighted by Crippen LogP contribution is 2.34. The van der Waals surface area contributed by atoms with E-state index in [-0.39, 0.29) is 6.61 Å². The molecule has 4 N–H and O–H groups in total. The molecule has 3 heterocycles. The van der Waals surface area contributed by atoms with Gasteiger partial charge in [0.25, 0.3) is 0 Å². The Balaban J connectivity index is 1.97. The van der Waals surface area contributed by atoms with Crippen molar-refractivity contribution in [3.05, 3.63) is 18.6 Å². The van der Waals surface area contributed by atoms with E-state index in [1.807, 2.05) is 0 Å². The van der Waals surface area contributed by atoms with Gasteiger partial charge in [-0.3, -0.25) is 4.79 Å². The van der Waals surface area contributed by atoms with E-state index >= 15 is 0 Å². The highest BCUT2D eigenvalue weighted by Gasteiger charge is 2.46. The summed E-state index contributed by atoms with van der Waals surface area (Å²) >= 11 is 0. The Hall–Kier alpha value is -2.23. The van der Waals surface area contributed by atoms with Crippen molar-refractivity contribution < 1.29 is 24.5 Å². The van der Waals surface area contributed by atoms with Gasteiger partial charge in [-0.05, 0) is 6.07 Å². The molecular weight excluding hydrogens is 292 g/mol. The molecule has 2 aromatic rings. The third kappa shape index (κ3) is 2.28. The van der Waals surface area contributed by atoms with Crippen LogP contribution in [0.1, 0.15) is 13.2 Å². The Morgan fingerprint density at radius 3 is 3.00 bits per heavy atom. The highest BCUT2D eigenvalue weighted by atomic mass is 16.6. The molecule has 0 radical (unpaired) electrons. The van der Waals surface area contributed by atoms with Gasteiger partial charge in [0, 0.05) is 13.1 Å². The fourth-order valence-electron chi connectivity index (χ4n) is 2.63. The maximum atomic E-state index is 11.1. The predicted octanol–water partition coefficient (Wildman–Crippen LogP) is -0.804. The molecule has 4 atom stereocenters. The van der Waals surface area contributed by atoms with E-state index in [0.717, 1.165) is 0 Å². The van der Waals surface area contributed by atoms with Gasteiger partial charge in [0.15, 0.2) is 12.3 Å². The van der Waals surface area contributed by atoms with Gasteiger partial charge in [-0.1, -0.05) is 0 Å². The Kier molecular flexibility index (Phi) is 3.69. The molecule has 1 aliphatic heterocycles. The van der Waals surface area contributed by atoms with E-state index in [1.54, 1.807) is 16.8 Å². The molecule has 1 aliphatic rings. The molecule has 0 aliphatic carbocycles. The molecule has 0 amide bonds. The normalized spacial score (nSPS) is 28.1. The molecule has 2 aromatic heterocycles. The molecule has 9 nitrogen and oxygen atoms in total. The average molecular weight is 308 g/mol. The molecule has 0 spiro atoms. The molecule has 0 unspecified atom stereocenters. The number of esters is 1. The zero-order valence-corrected chi connectivity index (χ0v) is 11.8. The van der Waals surface area contributed by atoms with Gasteiger partial charge >= 0.3 is 5.97 Å². The summed E-state index contributed by atoms with van der Waals surface area (Å²) in [6.07, 6.45) is -0.817. The number of ether oxygens (including phenoxy) is 2. The van der Waals surface area contributed by atoms with Gasteiger partial charge in [-0.2, -0.15) is 0 Å². The van der Waals surface area contributed by atoms with E-state index in [9.17, 15) is 15.0 Å². The Morgan fingerprint density at radius 2 is 2.32 bits per heavy atom. The quantitative estimate of drug-likeness (QED) is 0.627. The third-order valence-electron chi connectivity index (χ3n) is 3.61. The minimum Gasteiger partial charge on any atom is -0.457 e. The fraction of sp³-hybridized carbons (Fsp3) is 0.462. The predicted molar refractivity (Wildman–Crippen MR) is 74.5 cm³/mol. The van der Waals surface area contributed by atoms with Gasteiger partial charge in [-0.15, -0.1) is 0 Å². The lowest BCUT2D eigenvalue weighted by molar-refractivity contribution is -0.153. The second-order valence-electron chi connectivity index (χ2n) is 5.03. The number of hydrogen-bond acceptors (Lipinski definition) is 8. The van der Waals surface area contributed by atoms with Gasteiger partial charge in [-0.25, -0.2) is 9.97 Å².